The molecule has 4 nitrogen and oxygen atoms in total. The Morgan fingerprint density at radius 3 is 2.94 bits per heavy atom. The molecular weight excluding hydrogens is 212 g/mol. The van der Waals surface area contributed by atoms with Crippen LogP contribution in [0.15, 0.2) is 24.5 Å². The molecule has 1 saturated heterocycles. The number of nitrogens with one attached hydrogen (secondary N) is 1. The highest BCUT2D eigenvalue weighted by molar-refractivity contribution is 5.79. The van der Waals surface area contributed by atoms with Crippen LogP contribution in [0.3, 0.4) is 0 Å². The molecule has 0 saturated carbocycles. The molecule has 4 heteroatoms. The molecule has 1 aromatic heterocycles. The van der Waals surface area contributed by atoms with Gasteiger partial charge in [-0.3, -0.25) is 10.4 Å². The molecule has 92 valence electrons. The van der Waals surface area contributed by atoms with Gasteiger partial charge in [-0.2, -0.15) is 0 Å². The Morgan fingerprint density at radius 2 is 2.24 bits per heavy atom. The first-order chi connectivity index (χ1) is 8.25. The molecule has 2 rings (SSSR count). The lowest BCUT2D eigenvalue weighted by atomic mass is 9.97. The Balaban J connectivity index is 1.81. The van der Waals surface area contributed by atoms with Crippen LogP contribution in [0.2, 0.25) is 0 Å². The molecule has 1 fully saturated rings. The first kappa shape index (κ1) is 12.0. The Bertz CT molecular complexity index is 363. The van der Waals surface area contributed by atoms with Crippen molar-refractivity contribution < 1.29 is 0 Å². The van der Waals surface area contributed by atoms with Gasteiger partial charge in [0.1, 0.15) is 0 Å². The first-order valence-corrected chi connectivity index (χ1v) is 6.21. The maximum atomic E-state index is 7.52. The number of hydrogen-bond acceptors (Lipinski definition) is 3. The molecule has 0 aromatic carbocycles. The van der Waals surface area contributed by atoms with E-state index in [1.54, 1.807) is 0 Å². The monoisotopic (exact) mass is 232 g/mol. The topological polar surface area (TPSA) is 66.0 Å². The molecule has 0 amide bonds. The van der Waals surface area contributed by atoms with Crippen molar-refractivity contribution in [1.29, 1.82) is 5.41 Å². The van der Waals surface area contributed by atoms with Gasteiger partial charge in [0.15, 0.2) is 0 Å². The SMILES string of the molecule is N=C(N)C1CCCN(CCc2ccncc2)C1. The summed E-state index contributed by atoms with van der Waals surface area (Å²) >= 11 is 0. The molecule has 0 radical (unpaired) electrons. The van der Waals surface area contributed by atoms with Crippen molar-refractivity contribution in [3.8, 4) is 0 Å². The van der Waals surface area contributed by atoms with Gasteiger partial charge in [-0.15, -0.1) is 0 Å². The molecule has 0 spiro atoms. The minimum absolute atomic E-state index is 0.265. The van der Waals surface area contributed by atoms with Gasteiger partial charge in [0.25, 0.3) is 0 Å². The van der Waals surface area contributed by atoms with E-state index in [2.05, 4.69) is 22.0 Å². The van der Waals surface area contributed by atoms with E-state index < -0.39 is 0 Å². The van der Waals surface area contributed by atoms with E-state index in [9.17, 15) is 0 Å². The molecule has 1 aliphatic heterocycles. The number of amidine groups is 1. The summed E-state index contributed by atoms with van der Waals surface area (Å²) in [6.45, 7) is 3.13. The smallest absolute Gasteiger partial charge is 0.0949 e. The number of likely N-dealkylation sites (tertiary alicyclic amines) is 1. The first-order valence-electron chi connectivity index (χ1n) is 6.21. The second-order valence-corrected chi connectivity index (χ2v) is 4.70. The second kappa shape index (κ2) is 5.77. The summed E-state index contributed by atoms with van der Waals surface area (Å²) in [4.78, 5) is 6.43. The van der Waals surface area contributed by atoms with Gasteiger partial charge in [0, 0.05) is 31.4 Å². The van der Waals surface area contributed by atoms with Gasteiger partial charge in [0.05, 0.1) is 5.84 Å². The highest BCUT2D eigenvalue weighted by Crippen LogP contribution is 2.16. The average molecular weight is 232 g/mol. The number of pyridine rings is 1. The van der Waals surface area contributed by atoms with Crippen molar-refractivity contribution >= 4 is 5.84 Å². The predicted molar refractivity (Wildman–Crippen MR) is 69.0 cm³/mol. The van der Waals surface area contributed by atoms with Crippen molar-refractivity contribution in [1.82, 2.24) is 9.88 Å². The zero-order valence-corrected chi connectivity index (χ0v) is 10.1. The predicted octanol–water partition coefficient (Wildman–Crippen LogP) is 1.27. The Labute approximate surface area is 102 Å². The lowest BCUT2D eigenvalue weighted by molar-refractivity contribution is 0.206. The van der Waals surface area contributed by atoms with Crippen LogP contribution in [0.5, 0.6) is 0 Å². The number of nitrogens with two attached hydrogens (primary N) is 1. The zero-order chi connectivity index (χ0) is 12.1. The quantitative estimate of drug-likeness (QED) is 0.607. The standard InChI is InChI=1S/C13H20N4/c14-13(15)12-2-1-8-17(10-12)9-5-11-3-6-16-7-4-11/h3-4,6-7,12H,1-2,5,8-10H2,(H3,14,15). The molecule has 17 heavy (non-hydrogen) atoms. The third-order valence-electron chi connectivity index (χ3n) is 3.41. The Morgan fingerprint density at radius 1 is 1.47 bits per heavy atom. The summed E-state index contributed by atoms with van der Waals surface area (Å²) in [5.41, 5.74) is 6.91. The summed E-state index contributed by atoms with van der Waals surface area (Å²) < 4.78 is 0. The van der Waals surface area contributed by atoms with Crippen molar-refractivity contribution in [2.75, 3.05) is 19.6 Å². The van der Waals surface area contributed by atoms with Crippen LogP contribution in [-0.2, 0) is 6.42 Å². The molecule has 1 unspecified atom stereocenters. The maximum absolute atomic E-state index is 7.52. The fourth-order valence-electron chi connectivity index (χ4n) is 2.35. The van der Waals surface area contributed by atoms with Crippen molar-refractivity contribution in [3.63, 3.8) is 0 Å². The maximum Gasteiger partial charge on any atom is 0.0949 e. The summed E-state index contributed by atoms with van der Waals surface area (Å²) in [6.07, 6.45) is 6.95. The van der Waals surface area contributed by atoms with Crippen LogP contribution in [0, 0.1) is 11.3 Å². The van der Waals surface area contributed by atoms with Gasteiger partial charge >= 0.3 is 0 Å². The number of aromatic nitrogens is 1. The van der Waals surface area contributed by atoms with Crippen LogP contribution in [-0.4, -0.2) is 35.4 Å². The molecule has 3 N–H and O–H groups in total. The number of nitrogens with zero attached hydrogens (tertiary/aromatic N) is 2. The third-order valence-corrected chi connectivity index (χ3v) is 3.41. The lowest BCUT2D eigenvalue weighted by Gasteiger charge is -2.32. The molecule has 1 atom stereocenters. The summed E-state index contributed by atoms with van der Waals surface area (Å²) in [7, 11) is 0. The normalized spacial score (nSPS) is 21.3. The fraction of sp³-hybridized carbons (Fsp3) is 0.538. The van der Waals surface area contributed by atoms with Gasteiger partial charge < -0.3 is 10.6 Å². The molecule has 0 aliphatic carbocycles. The largest absolute Gasteiger partial charge is 0.387 e. The zero-order valence-electron chi connectivity index (χ0n) is 10.1. The van der Waals surface area contributed by atoms with E-state index in [1.807, 2.05) is 12.4 Å². The van der Waals surface area contributed by atoms with E-state index in [4.69, 9.17) is 11.1 Å². The summed E-state index contributed by atoms with van der Waals surface area (Å²) in [5.74, 6) is 0.611. The van der Waals surface area contributed by atoms with Crippen LogP contribution >= 0.6 is 0 Å². The Hall–Kier alpha value is -1.42. The minimum atomic E-state index is 0.265. The van der Waals surface area contributed by atoms with Crippen LogP contribution in [0.1, 0.15) is 18.4 Å². The van der Waals surface area contributed by atoms with E-state index in [0.717, 1.165) is 38.9 Å². The van der Waals surface area contributed by atoms with Crippen molar-refractivity contribution in [2.45, 2.75) is 19.3 Å². The number of rotatable bonds is 4. The lowest BCUT2D eigenvalue weighted by Crippen LogP contribution is -2.41. The molecule has 0 bridgehead atoms. The van der Waals surface area contributed by atoms with Gasteiger partial charge in [-0.05, 0) is 43.5 Å². The molecular formula is C13H20N4. The number of hydrogen-bond donors (Lipinski definition) is 2. The van der Waals surface area contributed by atoms with E-state index in [-0.39, 0.29) is 5.92 Å². The van der Waals surface area contributed by atoms with E-state index in [0.29, 0.717) is 5.84 Å². The Kier molecular flexibility index (Phi) is 4.09. The van der Waals surface area contributed by atoms with Crippen LogP contribution < -0.4 is 5.73 Å². The molecule has 2 heterocycles. The van der Waals surface area contributed by atoms with Gasteiger partial charge in [-0.25, -0.2) is 0 Å². The fourth-order valence-corrected chi connectivity index (χ4v) is 2.35. The van der Waals surface area contributed by atoms with Gasteiger partial charge in [0.2, 0.25) is 0 Å². The van der Waals surface area contributed by atoms with E-state index >= 15 is 0 Å². The van der Waals surface area contributed by atoms with Gasteiger partial charge in [-0.1, -0.05) is 0 Å². The average Bonchev–Trinajstić information content (AvgIpc) is 2.38. The minimum Gasteiger partial charge on any atom is -0.387 e. The summed E-state index contributed by atoms with van der Waals surface area (Å²) in [6, 6.07) is 4.12. The molecule has 1 aromatic rings. The van der Waals surface area contributed by atoms with Crippen molar-refractivity contribution in [2.24, 2.45) is 11.7 Å². The van der Waals surface area contributed by atoms with Crippen LogP contribution in [0.25, 0.3) is 0 Å². The molecule has 1 aliphatic rings. The van der Waals surface area contributed by atoms with Crippen molar-refractivity contribution in [3.05, 3.63) is 30.1 Å². The summed E-state index contributed by atoms with van der Waals surface area (Å²) in [5, 5.41) is 7.52. The van der Waals surface area contributed by atoms with E-state index in [1.165, 1.54) is 5.56 Å². The number of piperidine rings is 1. The second-order valence-electron chi connectivity index (χ2n) is 4.70. The van der Waals surface area contributed by atoms with Crippen LogP contribution in [0.4, 0.5) is 0 Å². The third kappa shape index (κ3) is 3.53. The highest BCUT2D eigenvalue weighted by atomic mass is 15.1. The highest BCUT2D eigenvalue weighted by Gasteiger charge is 2.21.